The second-order valence-electron chi connectivity index (χ2n) is 8.59. The molecule has 166 valence electrons. The fourth-order valence-electron chi connectivity index (χ4n) is 4.74. The van der Waals surface area contributed by atoms with Crippen molar-refractivity contribution in [1.29, 1.82) is 0 Å². The summed E-state index contributed by atoms with van der Waals surface area (Å²) in [7, 11) is 1.87. The zero-order valence-electron chi connectivity index (χ0n) is 17.6. The fraction of sp³-hybridized carbons (Fsp3) is 0.524. The van der Waals surface area contributed by atoms with Crippen LogP contribution in [-0.4, -0.2) is 75.6 Å². The number of pyridine rings is 1. The van der Waals surface area contributed by atoms with Crippen LogP contribution >= 0.6 is 23.4 Å². The first-order chi connectivity index (χ1) is 14.9. The highest BCUT2D eigenvalue weighted by Gasteiger charge is 2.48. The molecule has 0 aromatic carbocycles. The van der Waals surface area contributed by atoms with Crippen LogP contribution in [0.5, 0.6) is 0 Å². The number of guanidine groups is 1. The summed E-state index contributed by atoms with van der Waals surface area (Å²) in [4.78, 5) is 10.3. The monoisotopic (exact) mass is 462 g/mol. The number of aliphatic imine (C=N–C) groups is 1. The highest BCUT2D eigenvalue weighted by atomic mass is 35.5. The Morgan fingerprint density at radius 1 is 1.32 bits per heavy atom. The molecular weight excluding hydrogens is 436 g/mol. The fourth-order valence-corrected chi connectivity index (χ4v) is 6.01. The van der Waals surface area contributed by atoms with Gasteiger partial charge < -0.3 is 25.4 Å². The first-order valence-corrected chi connectivity index (χ1v) is 11.7. The van der Waals surface area contributed by atoms with Gasteiger partial charge in [0.25, 0.3) is 0 Å². The van der Waals surface area contributed by atoms with Gasteiger partial charge in [-0.1, -0.05) is 23.4 Å². The van der Waals surface area contributed by atoms with Crippen LogP contribution in [0.25, 0.3) is 5.52 Å². The van der Waals surface area contributed by atoms with Crippen LogP contribution in [0.3, 0.4) is 0 Å². The first-order valence-electron chi connectivity index (χ1n) is 10.5. The van der Waals surface area contributed by atoms with E-state index in [4.69, 9.17) is 27.1 Å². The molecule has 1 spiro atoms. The predicted molar refractivity (Wildman–Crippen MR) is 122 cm³/mol. The van der Waals surface area contributed by atoms with E-state index in [1.54, 1.807) is 16.9 Å². The number of nitrogens with zero attached hydrogens (tertiary/aromatic N) is 5. The van der Waals surface area contributed by atoms with Crippen molar-refractivity contribution in [1.82, 2.24) is 19.4 Å². The number of piperidine rings is 1. The van der Waals surface area contributed by atoms with Gasteiger partial charge in [-0.15, -0.1) is 0 Å². The third-order valence-corrected chi connectivity index (χ3v) is 8.46. The van der Waals surface area contributed by atoms with Gasteiger partial charge in [0.05, 0.1) is 34.4 Å². The number of nitrogens with two attached hydrogens (primary N) is 1. The number of rotatable bonds is 2. The van der Waals surface area contributed by atoms with Gasteiger partial charge in [-0.3, -0.25) is 0 Å². The normalized spacial score (nSPS) is 28.4. The number of aliphatic hydroxyl groups excluding tert-OH is 1. The van der Waals surface area contributed by atoms with E-state index in [9.17, 15) is 5.11 Å². The minimum Gasteiger partial charge on any atom is -0.376 e. The Balaban J connectivity index is 1.32. The average Bonchev–Trinajstić information content (AvgIpc) is 3.36. The maximum absolute atomic E-state index is 11.0. The number of thioether (sulfide) groups is 1. The second kappa shape index (κ2) is 7.97. The van der Waals surface area contributed by atoms with E-state index in [0.29, 0.717) is 5.02 Å². The molecule has 2 aromatic rings. The molecule has 5 rings (SSSR count). The van der Waals surface area contributed by atoms with Crippen LogP contribution < -0.4 is 5.73 Å². The van der Waals surface area contributed by atoms with E-state index in [1.807, 2.05) is 30.3 Å². The van der Waals surface area contributed by atoms with E-state index >= 15 is 0 Å². The summed E-state index contributed by atoms with van der Waals surface area (Å²) in [5.74, 6) is 0.782. The zero-order valence-corrected chi connectivity index (χ0v) is 19.2. The Morgan fingerprint density at radius 2 is 2.10 bits per heavy atom. The Labute approximate surface area is 190 Å². The van der Waals surface area contributed by atoms with Gasteiger partial charge in [0.15, 0.2) is 6.23 Å². The van der Waals surface area contributed by atoms with E-state index in [-0.39, 0.29) is 17.6 Å². The number of hydrogen-bond acceptors (Lipinski definition) is 8. The van der Waals surface area contributed by atoms with Crippen LogP contribution in [0.1, 0.15) is 19.8 Å². The lowest BCUT2D eigenvalue weighted by atomic mass is 9.73. The Kier molecular flexibility index (Phi) is 5.42. The molecule has 10 heteroatoms. The molecular formula is C21H27ClN6O2S. The number of likely N-dealkylation sites (N-methyl/N-ethyl adjacent to an activating group) is 1. The van der Waals surface area contributed by atoms with Crippen molar-refractivity contribution in [3.63, 3.8) is 0 Å². The Hall–Kier alpha value is -1.78. The summed E-state index contributed by atoms with van der Waals surface area (Å²) in [5, 5.41) is 15.8. The number of aromatic nitrogens is 2. The summed E-state index contributed by atoms with van der Waals surface area (Å²) in [6.07, 6.45) is 6.57. The standard InChI is InChI=1S/C21H27ClN6O2S/c1-13-18(23)21(12-30-13)5-9-27(10-6-21)20-24-11-16(19(29)26(20)2)31-15-4-8-28-14(17(15)22)3-7-25-28/h3-4,7-8,11,13,18-19,29H,5-6,9-10,12,23H2,1-2H3/t13-,18+,19?/m0/s1. The number of hydrogen-bond donors (Lipinski definition) is 2. The van der Waals surface area contributed by atoms with Gasteiger partial charge >= 0.3 is 0 Å². The first kappa shape index (κ1) is 21.1. The van der Waals surface area contributed by atoms with Crippen molar-refractivity contribution in [2.24, 2.45) is 16.1 Å². The Bertz CT molecular complexity index is 1050. The van der Waals surface area contributed by atoms with Crippen molar-refractivity contribution in [2.45, 2.75) is 43.0 Å². The molecule has 3 atom stereocenters. The summed E-state index contributed by atoms with van der Waals surface area (Å²) in [6, 6.07) is 3.84. The summed E-state index contributed by atoms with van der Waals surface area (Å²) < 4.78 is 7.55. The maximum atomic E-state index is 11.0. The topological polar surface area (TPSA) is 91.6 Å². The lowest BCUT2D eigenvalue weighted by Gasteiger charge is -2.45. The van der Waals surface area contributed by atoms with Gasteiger partial charge in [-0.2, -0.15) is 5.10 Å². The minimum absolute atomic E-state index is 0.0578. The van der Waals surface area contributed by atoms with Crippen molar-refractivity contribution >= 4 is 34.8 Å². The lowest BCUT2D eigenvalue weighted by molar-refractivity contribution is 0.0683. The quantitative estimate of drug-likeness (QED) is 0.707. The highest BCUT2D eigenvalue weighted by molar-refractivity contribution is 8.03. The largest absolute Gasteiger partial charge is 0.376 e. The zero-order chi connectivity index (χ0) is 21.8. The molecule has 3 aliphatic heterocycles. The lowest BCUT2D eigenvalue weighted by Crippen LogP contribution is -2.55. The van der Waals surface area contributed by atoms with Crippen LogP contribution in [0, 0.1) is 5.41 Å². The number of ether oxygens (including phenoxy) is 1. The van der Waals surface area contributed by atoms with E-state index in [2.05, 4.69) is 16.9 Å². The highest BCUT2D eigenvalue weighted by Crippen LogP contribution is 2.42. The molecule has 2 fully saturated rings. The van der Waals surface area contributed by atoms with E-state index < -0.39 is 6.23 Å². The number of aliphatic hydroxyl groups is 1. The average molecular weight is 463 g/mol. The molecule has 3 aliphatic rings. The molecule has 2 saturated heterocycles. The van der Waals surface area contributed by atoms with E-state index in [0.717, 1.165) is 53.8 Å². The molecule has 0 bridgehead atoms. The molecule has 0 amide bonds. The van der Waals surface area contributed by atoms with Crippen LogP contribution in [-0.2, 0) is 4.74 Å². The molecule has 5 heterocycles. The van der Waals surface area contributed by atoms with E-state index in [1.165, 1.54) is 11.8 Å². The Morgan fingerprint density at radius 3 is 2.81 bits per heavy atom. The third-order valence-electron chi connectivity index (χ3n) is 6.84. The summed E-state index contributed by atoms with van der Waals surface area (Å²) >= 11 is 7.97. The summed E-state index contributed by atoms with van der Waals surface area (Å²) in [6.45, 7) is 4.48. The number of halogens is 1. The van der Waals surface area contributed by atoms with Gasteiger partial charge in [-0.25, -0.2) is 9.51 Å². The van der Waals surface area contributed by atoms with Crippen molar-refractivity contribution in [3.05, 3.63) is 40.7 Å². The second-order valence-corrected chi connectivity index (χ2v) is 10.1. The molecule has 3 N–H and O–H groups in total. The molecule has 2 aromatic heterocycles. The van der Waals surface area contributed by atoms with Crippen molar-refractivity contribution in [2.75, 3.05) is 26.7 Å². The van der Waals surface area contributed by atoms with Crippen LogP contribution in [0.15, 0.2) is 45.5 Å². The maximum Gasteiger partial charge on any atom is 0.203 e. The molecule has 1 unspecified atom stereocenters. The van der Waals surface area contributed by atoms with Crippen molar-refractivity contribution < 1.29 is 9.84 Å². The van der Waals surface area contributed by atoms with Gasteiger partial charge in [0, 0.05) is 48.9 Å². The van der Waals surface area contributed by atoms with Gasteiger partial charge in [0.1, 0.15) is 0 Å². The number of fused-ring (bicyclic) bond motifs is 1. The smallest absolute Gasteiger partial charge is 0.203 e. The third kappa shape index (κ3) is 3.52. The summed E-state index contributed by atoms with van der Waals surface area (Å²) in [5.41, 5.74) is 7.33. The van der Waals surface area contributed by atoms with Gasteiger partial charge in [0.2, 0.25) is 5.96 Å². The molecule has 0 aliphatic carbocycles. The van der Waals surface area contributed by atoms with Crippen LogP contribution in [0.4, 0.5) is 0 Å². The molecule has 0 radical (unpaired) electrons. The molecule has 0 saturated carbocycles. The van der Waals surface area contributed by atoms with Gasteiger partial charge in [-0.05, 0) is 31.9 Å². The predicted octanol–water partition coefficient (Wildman–Crippen LogP) is 2.37. The van der Waals surface area contributed by atoms with Crippen LogP contribution in [0.2, 0.25) is 5.02 Å². The van der Waals surface area contributed by atoms with Crippen molar-refractivity contribution in [3.8, 4) is 0 Å². The minimum atomic E-state index is -0.789. The molecule has 8 nitrogen and oxygen atoms in total. The SMILES string of the molecule is C[C@@H]1OCC2(CCN(C3=NC=C(Sc4ccn5nccc5c4Cl)C(O)N3C)CC2)[C@@H]1N. The number of likely N-dealkylation sites (tertiary alicyclic amines) is 1. The molecule has 31 heavy (non-hydrogen) atoms.